The van der Waals surface area contributed by atoms with E-state index in [1.54, 1.807) is 0 Å². The summed E-state index contributed by atoms with van der Waals surface area (Å²) in [6.07, 6.45) is 3.45. The van der Waals surface area contributed by atoms with Gasteiger partial charge in [0.05, 0.1) is 0 Å². The van der Waals surface area contributed by atoms with Crippen molar-refractivity contribution in [2.45, 2.75) is 31.6 Å². The molecule has 2 atom stereocenters. The van der Waals surface area contributed by atoms with Gasteiger partial charge in [0.25, 0.3) is 0 Å². The molecule has 0 amide bonds. The number of hydrogen-bond acceptors (Lipinski definition) is 0. The maximum Gasteiger partial charge on any atom is 0.0353 e. The molecule has 0 aromatic heterocycles. The zero-order valence-electron chi connectivity index (χ0n) is 6.89. The van der Waals surface area contributed by atoms with Crippen LogP contribution < -0.4 is 0 Å². The fourth-order valence-electron chi connectivity index (χ4n) is 1.87. The topological polar surface area (TPSA) is 0 Å². The van der Waals surface area contributed by atoms with E-state index in [9.17, 15) is 0 Å². The molecule has 0 aromatic carbocycles. The molecule has 1 saturated heterocycles. The minimum atomic E-state index is 0.104. The normalized spacial score (nSPS) is 34.2. The molecule has 0 aromatic rings. The van der Waals surface area contributed by atoms with Gasteiger partial charge >= 0.3 is 0 Å². The molecule has 56 valence electrons. The summed E-state index contributed by atoms with van der Waals surface area (Å²) in [5.74, 6) is 0. The van der Waals surface area contributed by atoms with Crippen molar-refractivity contribution in [3.05, 3.63) is 28.6 Å². The molecule has 11 heavy (non-hydrogen) atoms. The third kappa shape index (κ3) is 1.06. The molecular formula is C10H11P. The molecule has 1 aliphatic carbocycles. The molecule has 0 spiro atoms. The van der Waals surface area contributed by atoms with Crippen LogP contribution >= 0.6 is 7.92 Å². The lowest BCUT2D eigenvalue weighted by atomic mass is 10.2. The van der Waals surface area contributed by atoms with Gasteiger partial charge in [0.1, 0.15) is 0 Å². The Morgan fingerprint density at radius 1 is 1.45 bits per heavy atom. The summed E-state index contributed by atoms with van der Waals surface area (Å²) in [7, 11) is 0.104. The quantitative estimate of drug-likeness (QED) is 0.410. The first kappa shape index (κ1) is 7.17. The van der Waals surface area contributed by atoms with E-state index in [0.717, 1.165) is 11.3 Å². The second-order valence-electron chi connectivity index (χ2n) is 3.26. The number of allylic oxidation sites excluding steroid dienone is 2. The van der Waals surface area contributed by atoms with Crippen LogP contribution in [0.3, 0.4) is 0 Å². The second kappa shape index (κ2) is 2.53. The van der Waals surface area contributed by atoms with Crippen molar-refractivity contribution in [2.75, 3.05) is 0 Å². The Bertz CT molecular complexity index is 300. The average molecular weight is 162 g/mol. The number of hydrogen-bond donors (Lipinski definition) is 0. The molecule has 0 bridgehead atoms. The van der Waals surface area contributed by atoms with Crippen LogP contribution in [-0.2, 0) is 0 Å². The highest BCUT2D eigenvalue weighted by Gasteiger charge is 2.36. The predicted octanol–water partition coefficient (Wildman–Crippen LogP) is 3.01. The smallest absolute Gasteiger partial charge is 0.0353 e. The molecule has 1 fully saturated rings. The van der Waals surface area contributed by atoms with E-state index < -0.39 is 0 Å². The summed E-state index contributed by atoms with van der Waals surface area (Å²) in [5.41, 5.74) is 10.8. The maximum atomic E-state index is 3.15. The summed E-state index contributed by atoms with van der Waals surface area (Å²) < 4.78 is 0. The van der Waals surface area contributed by atoms with Crippen LogP contribution in [-0.4, -0.2) is 11.3 Å². The summed E-state index contributed by atoms with van der Waals surface area (Å²) in [4.78, 5) is 0. The number of rotatable bonds is 1. The zero-order chi connectivity index (χ0) is 7.84. The van der Waals surface area contributed by atoms with E-state index in [1.807, 2.05) is 0 Å². The van der Waals surface area contributed by atoms with Crippen LogP contribution in [0, 0.1) is 0 Å². The Kier molecular flexibility index (Phi) is 1.65. The highest BCUT2D eigenvalue weighted by molar-refractivity contribution is 7.65. The summed E-state index contributed by atoms with van der Waals surface area (Å²) in [6, 6.07) is 0. The van der Waals surface area contributed by atoms with Crippen molar-refractivity contribution < 1.29 is 0 Å². The highest BCUT2D eigenvalue weighted by atomic mass is 31.1. The third-order valence-electron chi connectivity index (χ3n) is 2.38. The largest absolute Gasteiger partial charge is 0.0601 e. The predicted molar refractivity (Wildman–Crippen MR) is 49.1 cm³/mol. The molecule has 0 N–H and O–H groups in total. The lowest BCUT2D eigenvalue weighted by Gasteiger charge is -2.41. The first-order chi connectivity index (χ1) is 5.29. The monoisotopic (exact) mass is 162 g/mol. The first-order valence-corrected chi connectivity index (χ1v) is 5.52. The Morgan fingerprint density at radius 3 is 2.64 bits per heavy atom. The minimum Gasteiger partial charge on any atom is -0.0601 e. The molecule has 0 radical (unpaired) electrons. The molecule has 2 aliphatic rings. The molecule has 0 saturated carbocycles. The fourth-order valence-corrected chi connectivity index (χ4v) is 4.78. The van der Waals surface area contributed by atoms with Crippen molar-refractivity contribution in [1.82, 2.24) is 0 Å². The molecular weight excluding hydrogens is 151 g/mol. The first-order valence-electron chi connectivity index (χ1n) is 4.04. The van der Waals surface area contributed by atoms with E-state index in [2.05, 4.69) is 37.1 Å². The zero-order valence-corrected chi connectivity index (χ0v) is 7.78. The van der Waals surface area contributed by atoms with Gasteiger partial charge in [-0.3, -0.25) is 0 Å². The average Bonchev–Trinajstić information content (AvgIpc) is 2.39. The Labute approximate surface area is 68.8 Å². The van der Waals surface area contributed by atoms with Crippen LogP contribution in [0.25, 0.3) is 0 Å². The van der Waals surface area contributed by atoms with Gasteiger partial charge in [-0.2, -0.15) is 0 Å². The molecule has 2 rings (SSSR count). The van der Waals surface area contributed by atoms with Crippen molar-refractivity contribution >= 4 is 7.92 Å². The van der Waals surface area contributed by atoms with Crippen molar-refractivity contribution in [2.24, 2.45) is 0 Å². The van der Waals surface area contributed by atoms with Gasteiger partial charge in [-0.05, 0) is 23.5 Å². The van der Waals surface area contributed by atoms with Crippen molar-refractivity contribution in [3.8, 4) is 0 Å². The van der Waals surface area contributed by atoms with Gasteiger partial charge in [0.15, 0.2) is 0 Å². The van der Waals surface area contributed by atoms with Crippen LogP contribution in [0.15, 0.2) is 28.6 Å². The Hall–Kier alpha value is -0.490. The molecule has 1 heterocycles. The van der Waals surface area contributed by atoms with Gasteiger partial charge in [-0.25, -0.2) is 0 Å². The van der Waals surface area contributed by atoms with Crippen LogP contribution in [0.2, 0.25) is 0 Å². The summed E-state index contributed by atoms with van der Waals surface area (Å²) in [6.45, 7) is 4.68. The Balaban J connectivity index is 2.18. The molecule has 0 nitrogen and oxygen atoms in total. The second-order valence-corrected chi connectivity index (χ2v) is 6.32. The van der Waals surface area contributed by atoms with Gasteiger partial charge in [0, 0.05) is 11.4 Å². The highest BCUT2D eigenvalue weighted by Crippen LogP contribution is 2.64. The van der Waals surface area contributed by atoms with Crippen LogP contribution in [0.4, 0.5) is 0 Å². The van der Waals surface area contributed by atoms with E-state index in [4.69, 9.17) is 0 Å². The van der Waals surface area contributed by atoms with Gasteiger partial charge in [-0.1, -0.05) is 33.2 Å². The van der Waals surface area contributed by atoms with Crippen molar-refractivity contribution in [3.63, 3.8) is 0 Å². The van der Waals surface area contributed by atoms with Gasteiger partial charge in [-0.15, -0.1) is 0 Å². The van der Waals surface area contributed by atoms with Crippen molar-refractivity contribution in [1.29, 1.82) is 0 Å². The molecule has 1 aliphatic heterocycles. The van der Waals surface area contributed by atoms with Gasteiger partial charge in [0.2, 0.25) is 0 Å². The van der Waals surface area contributed by atoms with E-state index in [-0.39, 0.29) is 7.92 Å². The van der Waals surface area contributed by atoms with E-state index in [0.29, 0.717) is 0 Å². The van der Waals surface area contributed by atoms with E-state index in [1.165, 1.54) is 11.7 Å². The SMILES string of the molecule is C[C@H]1C[C@H](C)P1C1=C=C=C=C1. The summed E-state index contributed by atoms with van der Waals surface area (Å²) >= 11 is 0. The molecule has 1 heteroatoms. The van der Waals surface area contributed by atoms with Gasteiger partial charge < -0.3 is 0 Å². The Morgan fingerprint density at radius 2 is 2.18 bits per heavy atom. The maximum absolute atomic E-state index is 3.15. The lowest BCUT2D eigenvalue weighted by molar-refractivity contribution is 0.712. The van der Waals surface area contributed by atoms with Crippen LogP contribution in [0.1, 0.15) is 20.3 Å². The minimum absolute atomic E-state index is 0.104. The fraction of sp³-hybridized carbons (Fsp3) is 0.500. The lowest BCUT2D eigenvalue weighted by Crippen LogP contribution is -2.25. The standard InChI is InChI=1S/C10H11P/c1-8-7-9(2)11(8)10-5-3-4-6-10/h5,8-9H,7H2,1-2H3/t8-,9-/m0/s1. The summed E-state index contributed by atoms with van der Waals surface area (Å²) in [5, 5.41) is 1.38. The molecule has 0 unspecified atom stereocenters. The van der Waals surface area contributed by atoms with E-state index >= 15 is 0 Å². The third-order valence-corrected chi connectivity index (χ3v) is 5.50. The van der Waals surface area contributed by atoms with Crippen LogP contribution in [0.5, 0.6) is 0 Å².